The highest BCUT2D eigenvalue weighted by Crippen LogP contribution is 2.51. The minimum atomic E-state index is -4.04. The Morgan fingerprint density at radius 3 is 2.78 bits per heavy atom. The van der Waals surface area contributed by atoms with Crippen LogP contribution < -0.4 is 0 Å². The van der Waals surface area contributed by atoms with Gasteiger partial charge in [-0.2, -0.15) is 0 Å². The predicted molar refractivity (Wildman–Crippen MR) is 96.3 cm³/mol. The van der Waals surface area contributed by atoms with Crippen molar-refractivity contribution in [1.29, 1.82) is 0 Å². The van der Waals surface area contributed by atoms with Gasteiger partial charge in [0, 0.05) is 13.7 Å². The van der Waals surface area contributed by atoms with E-state index >= 15 is 0 Å². The maximum Gasteiger partial charge on any atom is 0.475 e. The molecule has 0 saturated carbocycles. The standard InChI is InChI=1S/C17H29O9P/c1-3-4-5-6-8-22-16-11-24-14(10-18)17(16)26-27(20,21-2)25-12-15-13(19)7-9-23-15/h3-6,13-19H,7-12H2,1-2H3/b4-3+,6-5+/t13-,14-,15-,16?,17+,27?/m1/s1/i9T/t9?,13-,14-,15-,16?,17+,27?. The number of rotatable bonds is 11. The van der Waals surface area contributed by atoms with Crippen LogP contribution in [0.2, 0.25) is 0 Å². The number of allylic oxidation sites excluding steroid dienone is 3. The molecule has 0 bridgehead atoms. The van der Waals surface area contributed by atoms with Crippen LogP contribution in [0.25, 0.3) is 0 Å². The lowest BCUT2D eigenvalue weighted by molar-refractivity contribution is -0.0397. The lowest BCUT2D eigenvalue weighted by atomic mass is 10.1. The summed E-state index contributed by atoms with van der Waals surface area (Å²) in [5.41, 5.74) is 0. The van der Waals surface area contributed by atoms with Crippen LogP contribution in [-0.4, -0.2) is 80.9 Å². The van der Waals surface area contributed by atoms with Crippen LogP contribution in [0, 0.1) is 0 Å². The van der Waals surface area contributed by atoms with Gasteiger partial charge in [0.15, 0.2) is 0 Å². The van der Waals surface area contributed by atoms with E-state index in [1.54, 1.807) is 6.08 Å². The van der Waals surface area contributed by atoms with Gasteiger partial charge in [0.05, 0.1) is 33.9 Å². The first kappa shape index (κ1) is 21.1. The quantitative estimate of drug-likeness (QED) is 0.383. The Morgan fingerprint density at radius 2 is 2.15 bits per heavy atom. The largest absolute Gasteiger partial charge is 0.475 e. The molecule has 2 fully saturated rings. The van der Waals surface area contributed by atoms with Gasteiger partial charge in [-0.1, -0.05) is 24.3 Å². The van der Waals surface area contributed by atoms with Crippen LogP contribution in [0.4, 0.5) is 0 Å². The van der Waals surface area contributed by atoms with Crippen molar-refractivity contribution in [3.63, 3.8) is 0 Å². The smallest absolute Gasteiger partial charge is 0.394 e. The summed E-state index contributed by atoms with van der Waals surface area (Å²) in [4.78, 5) is 0. The lowest BCUT2D eigenvalue weighted by Gasteiger charge is -2.26. The molecule has 0 aromatic rings. The minimum absolute atomic E-state index is 0.145. The molecule has 9 nitrogen and oxygen atoms in total. The van der Waals surface area contributed by atoms with Gasteiger partial charge < -0.3 is 24.4 Å². The molecule has 2 rings (SSSR count). The fourth-order valence-corrected chi connectivity index (χ4v) is 3.77. The van der Waals surface area contributed by atoms with Gasteiger partial charge >= 0.3 is 7.82 Å². The zero-order valence-electron chi connectivity index (χ0n) is 16.5. The summed E-state index contributed by atoms with van der Waals surface area (Å²) in [6.07, 6.45) is 3.61. The lowest BCUT2D eigenvalue weighted by Crippen LogP contribution is -2.37. The molecular weight excluding hydrogens is 379 g/mol. The van der Waals surface area contributed by atoms with Gasteiger partial charge in [-0.05, 0) is 13.3 Å². The Morgan fingerprint density at radius 1 is 1.33 bits per heavy atom. The van der Waals surface area contributed by atoms with Crippen LogP contribution >= 0.6 is 7.82 Å². The van der Waals surface area contributed by atoms with E-state index in [-0.39, 0.29) is 32.8 Å². The van der Waals surface area contributed by atoms with Gasteiger partial charge in [0.25, 0.3) is 0 Å². The number of hydrogen-bond acceptors (Lipinski definition) is 9. The Kier molecular flexibility index (Phi) is 8.92. The number of phosphoric acid groups is 1. The SMILES string of the molecule is [3H]C1C[C@@H](O)[C@@H](COP(=O)(OC)O[C@@H]2C(OC/C=C/C=C/C)CO[C@@H]2CO)O1. The zero-order chi connectivity index (χ0) is 20.6. The zero-order valence-corrected chi connectivity index (χ0v) is 16.4. The van der Waals surface area contributed by atoms with Crippen LogP contribution in [0.15, 0.2) is 24.3 Å². The molecule has 2 aliphatic heterocycles. The summed E-state index contributed by atoms with van der Waals surface area (Å²) in [5, 5.41) is 19.3. The van der Waals surface area contributed by atoms with Crippen LogP contribution in [0.1, 0.15) is 14.7 Å². The van der Waals surface area contributed by atoms with Gasteiger partial charge in [-0.15, -0.1) is 0 Å². The maximum absolute atomic E-state index is 12.8. The Hall–Kier alpha value is -0.610. The van der Waals surface area contributed by atoms with Crippen molar-refractivity contribution in [2.75, 3.05) is 40.1 Å². The van der Waals surface area contributed by atoms with Crippen molar-refractivity contribution in [1.82, 2.24) is 0 Å². The van der Waals surface area contributed by atoms with E-state index in [0.29, 0.717) is 0 Å². The molecule has 0 amide bonds. The Bertz CT molecular complexity index is 573. The van der Waals surface area contributed by atoms with E-state index in [4.69, 9.17) is 29.2 Å². The number of hydrogen-bond donors (Lipinski definition) is 2. The summed E-state index contributed by atoms with van der Waals surface area (Å²) < 4.78 is 52.4. The molecule has 0 aromatic carbocycles. The van der Waals surface area contributed by atoms with E-state index in [1.807, 2.05) is 25.2 Å². The second-order valence-electron chi connectivity index (χ2n) is 6.02. The third-order valence-electron chi connectivity index (χ3n) is 4.14. The van der Waals surface area contributed by atoms with Crippen LogP contribution in [-0.2, 0) is 32.3 Å². The van der Waals surface area contributed by atoms with E-state index in [1.165, 1.54) is 7.11 Å². The molecule has 2 aliphatic rings. The third kappa shape index (κ3) is 6.74. The highest BCUT2D eigenvalue weighted by molar-refractivity contribution is 7.48. The number of ether oxygens (including phenoxy) is 3. The van der Waals surface area contributed by atoms with E-state index in [0.717, 1.165) is 0 Å². The molecule has 3 unspecified atom stereocenters. The summed E-state index contributed by atoms with van der Waals surface area (Å²) in [5.74, 6) is 0. The highest BCUT2D eigenvalue weighted by atomic mass is 31.2. The molecule has 0 radical (unpaired) electrons. The molecule has 0 aromatic heterocycles. The normalized spacial score (nSPS) is 37.3. The summed E-state index contributed by atoms with van der Waals surface area (Å²) in [7, 11) is -2.87. The molecule has 0 aliphatic carbocycles. The van der Waals surface area contributed by atoms with Crippen LogP contribution in [0.3, 0.4) is 0 Å². The maximum atomic E-state index is 12.8. The predicted octanol–water partition coefficient (Wildman–Crippen LogP) is 1.20. The topological polar surface area (TPSA) is 113 Å². The first-order valence-electron chi connectivity index (χ1n) is 9.36. The van der Waals surface area contributed by atoms with Crippen molar-refractivity contribution in [3.8, 4) is 0 Å². The van der Waals surface area contributed by atoms with Gasteiger partial charge in [0.2, 0.25) is 0 Å². The first-order valence-corrected chi connectivity index (χ1v) is 10.2. The van der Waals surface area contributed by atoms with Gasteiger partial charge in [-0.3, -0.25) is 13.6 Å². The summed E-state index contributed by atoms with van der Waals surface area (Å²) >= 11 is 0. The van der Waals surface area contributed by atoms with Crippen molar-refractivity contribution >= 4 is 7.82 Å². The molecule has 2 heterocycles. The average molecular weight is 410 g/mol. The molecule has 27 heavy (non-hydrogen) atoms. The fourth-order valence-electron chi connectivity index (χ4n) is 2.62. The van der Waals surface area contributed by atoms with Crippen molar-refractivity contribution < 1.29 is 43.9 Å². The molecule has 10 heteroatoms. The van der Waals surface area contributed by atoms with E-state index < -0.39 is 44.9 Å². The molecule has 2 saturated heterocycles. The summed E-state index contributed by atoms with van der Waals surface area (Å²) in [6, 6.07) is 0. The number of phosphoric ester groups is 1. The minimum Gasteiger partial charge on any atom is -0.394 e. The van der Waals surface area contributed by atoms with Gasteiger partial charge in [0.1, 0.15) is 24.4 Å². The second kappa shape index (κ2) is 11.4. The van der Waals surface area contributed by atoms with Crippen molar-refractivity contribution in [2.24, 2.45) is 0 Å². The number of aliphatic hydroxyl groups excluding tert-OH is 2. The fraction of sp³-hybridized carbons (Fsp3) is 0.765. The monoisotopic (exact) mass is 410 g/mol. The second-order valence-corrected chi connectivity index (χ2v) is 7.75. The molecule has 7 atom stereocenters. The number of aliphatic hydroxyl groups is 2. The van der Waals surface area contributed by atoms with Gasteiger partial charge in [-0.25, -0.2) is 4.57 Å². The Balaban J connectivity index is 1.94. The van der Waals surface area contributed by atoms with Crippen LogP contribution in [0.5, 0.6) is 0 Å². The average Bonchev–Trinajstić information content (AvgIpc) is 3.21. The van der Waals surface area contributed by atoms with E-state index in [9.17, 15) is 14.8 Å². The molecule has 156 valence electrons. The third-order valence-corrected chi connectivity index (χ3v) is 5.56. The summed E-state index contributed by atoms with van der Waals surface area (Å²) in [6.45, 7) is 0.851. The Labute approximate surface area is 160 Å². The molecular formula is C17H29O9P. The van der Waals surface area contributed by atoms with Crippen molar-refractivity contribution in [2.45, 2.75) is 43.9 Å². The van der Waals surface area contributed by atoms with E-state index in [2.05, 4.69) is 0 Å². The molecule has 2 N–H and O–H groups in total. The molecule has 0 spiro atoms. The first-order chi connectivity index (χ1) is 13.4. The highest BCUT2D eigenvalue weighted by Gasteiger charge is 2.44. The van der Waals surface area contributed by atoms with Crippen molar-refractivity contribution in [3.05, 3.63) is 24.3 Å².